The number of halogens is 1. The van der Waals surface area contributed by atoms with Gasteiger partial charge < -0.3 is 15.0 Å². The summed E-state index contributed by atoms with van der Waals surface area (Å²) in [5, 5.41) is 2.72. The Morgan fingerprint density at radius 1 is 1.41 bits per heavy atom. The summed E-state index contributed by atoms with van der Waals surface area (Å²) in [5.41, 5.74) is 0.210. The van der Waals surface area contributed by atoms with Crippen molar-refractivity contribution in [3.05, 3.63) is 34.2 Å². The summed E-state index contributed by atoms with van der Waals surface area (Å²) in [4.78, 5) is 24.8. The van der Waals surface area contributed by atoms with Gasteiger partial charge in [0.05, 0.1) is 12.2 Å². The smallest absolute Gasteiger partial charge is 0.252 e. The van der Waals surface area contributed by atoms with Gasteiger partial charge in [-0.3, -0.25) is 9.59 Å². The van der Waals surface area contributed by atoms with Crippen LogP contribution in [0.15, 0.2) is 23.1 Å². The van der Waals surface area contributed by atoms with Crippen molar-refractivity contribution in [1.29, 1.82) is 0 Å². The van der Waals surface area contributed by atoms with Crippen molar-refractivity contribution >= 4 is 17.5 Å². The highest BCUT2D eigenvalue weighted by atomic mass is 35.5. The SMILES string of the molecule is O=C(NCCCOCCCl)c1ccc(=O)[nH]c1. The number of amides is 1. The van der Waals surface area contributed by atoms with Crippen molar-refractivity contribution in [2.24, 2.45) is 0 Å². The zero-order valence-electron chi connectivity index (χ0n) is 9.37. The van der Waals surface area contributed by atoms with Gasteiger partial charge in [-0.05, 0) is 12.5 Å². The summed E-state index contributed by atoms with van der Waals surface area (Å²) in [7, 11) is 0. The van der Waals surface area contributed by atoms with Crippen LogP contribution in [0.5, 0.6) is 0 Å². The highest BCUT2D eigenvalue weighted by Gasteiger charge is 2.03. The Kier molecular flexibility index (Phi) is 6.35. The summed E-state index contributed by atoms with van der Waals surface area (Å²) in [6.07, 6.45) is 2.12. The zero-order chi connectivity index (χ0) is 12.5. The average molecular weight is 259 g/mol. The third-order valence-corrected chi connectivity index (χ3v) is 2.17. The van der Waals surface area contributed by atoms with Gasteiger partial charge >= 0.3 is 0 Å². The van der Waals surface area contributed by atoms with Gasteiger partial charge in [0.25, 0.3) is 5.91 Å². The molecule has 0 aromatic carbocycles. The van der Waals surface area contributed by atoms with Crippen LogP contribution >= 0.6 is 11.6 Å². The fourth-order valence-electron chi connectivity index (χ4n) is 1.19. The first-order valence-electron chi connectivity index (χ1n) is 5.34. The van der Waals surface area contributed by atoms with Crippen molar-refractivity contribution < 1.29 is 9.53 Å². The summed E-state index contributed by atoms with van der Waals surface area (Å²) in [6.45, 7) is 1.62. The number of pyridine rings is 1. The summed E-state index contributed by atoms with van der Waals surface area (Å²) in [6, 6.07) is 2.80. The Morgan fingerprint density at radius 3 is 2.88 bits per heavy atom. The molecule has 1 rings (SSSR count). The van der Waals surface area contributed by atoms with E-state index in [2.05, 4.69) is 10.3 Å². The van der Waals surface area contributed by atoms with Crippen LogP contribution in [0.1, 0.15) is 16.8 Å². The number of carbonyl (C=O) groups excluding carboxylic acids is 1. The Hall–Kier alpha value is -1.33. The molecule has 1 heterocycles. The molecule has 0 radical (unpaired) electrons. The van der Waals surface area contributed by atoms with E-state index in [4.69, 9.17) is 16.3 Å². The number of H-pyrrole nitrogens is 1. The van der Waals surface area contributed by atoms with Crippen molar-refractivity contribution in [3.63, 3.8) is 0 Å². The zero-order valence-corrected chi connectivity index (χ0v) is 10.1. The van der Waals surface area contributed by atoms with Crippen LogP contribution in [0.4, 0.5) is 0 Å². The number of hydrogen-bond acceptors (Lipinski definition) is 3. The molecular formula is C11H15ClN2O3. The van der Waals surface area contributed by atoms with Crippen LogP contribution in [0, 0.1) is 0 Å². The van der Waals surface area contributed by atoms with E-state index in [0.717, 1.165) is 6.42 Å². The second-order valence-electron chi connectivity index (χ2n) is 3.35. The highest BCUT2D eigenvalue weighted by Crippen LogP contribution is 1.93. The molecule has 0 fully saturated rings. The van der Waals surface area contributed by atoms with Gasteiger partial charge in [0.1, 0.15) is 0 Å². The van der Waals surface area contributed by atoms with Crippen LogP contribution in [-0.2, 0) is 4.74 Å². The first-order chi connectivity index (χ1) is 8.24. The maximum Gasteiger partial charge on any atom is 0.252 e. The molecule has 0 spiro atoms. The van der Waals surface area contributed by atoms with Crippen LogP contribution < -0.4 is 10.9 Å². The normalized spacial score (nSPS) is 10.2. The second kappa shape index (κ2) is 7.86. The first-order valence-corrected chi connectivity index (χ1v) is 5.88. The second-order valence-corrected chi connectivity index (χ2v) is 3.73. The number of ether oxygens (including phenoxy) is 1. The fraction of sp³-hybridized carbons (Fsp3) is 0.455. The van der Waals surface area contributed by atoms with E-state index in [1.165, 1.54) is 18.3 Å². The molecule has 5 nitrogen and oxygen atoms in total. The van der Waals surface area contributed by atoms with Gasteiger partial charge in [-0.15, -0.1) is 11.6 Å². The maximum absolute atomic E-state index is 11.5. The van der Waals surface area contributed by atoms with Gasteiger partial charge in [-0.2, -0.15) is 0 Å². The lowest BCUT2D eigenvalue weighted by Gasteiger charge is -2.05. The number of hydrogen-bond donors (Lipinski definition) is 2. The fourth-order valence-corrected chi connectivity index (χ4v) is 1.30. The van der Waals surface area contributed by atoms with Crippen LogP contribution in [0.25, 0.3) is 0 Å². The van der Waals surface area contributed by atoms with Gasteiger partial charge in [-0.1, -0.05) is 0 Å². The number of carbonyl (C=O) groups is 1. The molecule has 0 aliphatic rings. The van der Waals surface area contributed by atoms with Crippen LogP contribution in [-0.4, -0.2) is 36.5 Å². The summed E-state index contributed by atoms with van der Waals surface area (Å²) in [5.74, 6) is 0.266. The molecule has 1 aromatic heterocycles. The predicted octanol–water partition coefficient (Wildman–Crippen LogP) is 0.750. The first kappa shape index (κ1) is 13.7. The van der Waals surface area contributed by atoms with E-state index in [1.807, 2.05) is 0 Å². The van der Waals surface area contributed by atoms with Gasteiger partial charge in [-0.25, -0.2) is 0 Å². The lowest BCUT2D eigenvalue weighted by Crippen LogP contribution is -2.26. The number of nitrogens with one attached hydrogen (secondary N) is 2. The van der Waals surface area contributed by atoms with Gasteiger partial charge in [0.15, 0.2) is 0 Å². The lowest BCUT2D eigenvalue weighted by atomic mass is 10.2. The molecule has 0 bridgehead atoms. The largest absolute Gasteiger partial charge is 0.380 e. The van der Waals surface area contributed by atoms with Crippen molar-refractivity contribution in [1.82, 2.24) is 10.3 Å². The van der Waals surface area contributed by atoms with E-state index >= 15 is 0 Å². The number of rotatable bonds is 7. The van der Waals surface area contributed by atoms with Crippen molar-refractivity contribution in [2.45, 2.75) is 6.42 Å². The number of aromatic nitrogens is 1. The number of aromatic amines is 1. The third-order valence-electron chi connectivity index (χ3n) is 2.02. The summed E-state index contributed by atoms with van der Waals surface area (Å²) < 4.78 is 5.16. The Balaban J connectivity index is 2.21. The minimum Gasteiger partial charge on any atom is -0.380 e. The molecular weight excluding hydrogens is 244 g/mol. The summed E-state index contributed by atoms with van der Waals surface area (Å²) >= 11 is 5.43. The predicted molar refractivity (Wildman–Crippen MR) is 65.6 cm³/mol. The van der Waals surface area contributed by atoms with E-state index in [-0.39, 0.29) is 11.5 Å². The maximum atomic E-state index is 11.5. The van der Waals surface area contributed by atoms with Crippen molar-refractivity contribution in [2.75, 3.05) is 25.6 Å². The average Bonchev–Trinajstić information content (AvgIpc) is 2.34. The van der Waals surface area contributed by atoms with E-state index < -0.39 is 0 Å². The number of alkyl halides is 1. The quantitative estimate of drug-likeness (QED) is 0.560. The minimum atomic E-state index is -0.226. The molecule has 1 aromatic rings. The Labute approximate surface area is 104 Å². The van der Waals surface area contributed by atoms with Gasteiger partial charge in [0, 0.05) is 31.3 Å². The molecule has 17 heavy (non-hydrogen) atoms. The van der Waals surface area contributed by atoms with Gasteiger partial charge in [0.2, 0.25) is 5.56 Å². The highest BCUT2D eigenvalue weighted by molar-refractivity contribution is 6.17. The lowest BCUT2D eigenvalue weighted by molar-refractivity contribution is 0.0944. The van der Waals surface area contributed by atoms with E-state index in [0.29, 0.717) is 31.2 Å². The van der Waals surface area contributed by atoms with Crippen LogP contribution in [0.3, 0.4) is 0 Å². The monoisotopic (exact) mass is 258 g/mol. The molecule has 0 aliphatic carbocycles. The molecule has 6 heteroatoms. The topological polar surface area (TPSA) is 71.2 Å². The minimum absolute atomic E-state index is 0.210. The molecule has 0 aliphatic heterocycles. The molecule has 0 unspecified atom stereocenters. The molecule has 94 valence electrons. The standard InChI is InChI=1S/C11H15ClN2O3/c12-4-7-17-6-1-5-13-11(16)9-2-3-10(15)14-8-9/h2-3,8H,1,4-7H2,(H,13,16)(H,14,15). The Morgan fingerprint density at radius 2 is 2.24 bits per heavy atom. The molecule has 0 saturated heterocycles. The Bertz CT molecular complexity index is 385. The van der Waals surface area contributed by atoms with E-state index in [1.54, 1.807) is 0 Å². The molecule has 0 saturated carbocycles. The molecule has 0 atom stereocenters. The third kappa shape index (κ3) is 5.51. The molecule has 1 amide bonds. The van der Waals surface area contributed by atoms with Crippen molar-refractivity contribution in [3.8, 4) is 0 Å². The van der Waals surface area contributed by atoms with Crippen LogP contribution in [0.2, 0.25) is 0 Å². The van der Waals surface area contributed by atoms with E-state index in [9.17, 15) is 9.59 Å². The molecule has 2 N–H and O–H groups in total.